The van der Waals surface area contributed by atoms with Gasteiger partial charge in [-0.15, -0.1) is 0 Å². The third kappa shape index (κ3) is 3.48. The minimum absolute atomic E-state index is 0.00626. The largest absolute Gasteiger partial charge is 0.481 e. The Kier molecular flexibility index (Phi) is 4.38. The summed E-state index contributed by atoms with van der Waals surface area (Å²) in [5.41, 5.74) is 0.592. The number of nitrogens with one attached hydrogen (secondary N) is 1. The SMILES string of the molecule is N#Cc1ccc([N+](=O)[O-])c(NC2CCC(C(=O)O)CC2)c1. The van der Waals surface area contributed by atoms with E-state index in [9.17, 15) is 14.9 Å². The molecule has 0 bridgehead atoms. The highest BCUT2D eigenvalue weighted by Gasteiger charge is 2.27. The lowest BCUT2D eigenvalue weighted by Crippen LogP contribution is -2.29. The normalized spacial score (nSPS) is 21.3. The van der Waals surface area contributed by atoms with E-state index in [2.05, 4.69) is 5.32 Å². The molecule has 2 rings (SSSR count). The Morgan fingerprint density at radius 2 is 2.05 bits per heavy atom. The first-order chi connectivity index (χ1) is 10.0. The number of nitrogens with zero attached hydrogens (tertiary/aromatic N) is 2. The van der Waals surface area contributed by atoms with Gasteiger partial charge < -0.3 is 10.4 Å². The Morgan fingerprint density at radius 3 is 2.57 bits per heavy atom. The van der Waals surface area contributed by atoms with Crippen LogP contribution in [0.2, 0.25) is 0 Å². The zero-order chi connectivity index (χ0) is 15.4. The minimum Gasteiger partial charge on any atom is -0.481 e. The van der Waals surface area contributed by atoms with Gasteiger partial charge in [0.15, 0.2) is 0 Å². The van der Waals surface area contributed by atoms with Gasteiger partial charge in [-0.25, -0.2) is 0 Å². The van der Waals surface area contributed by atoms with Crippen molar-refractivity contribution in [1.82, 2.24) is 0 Å². The van der Waals surface area contributed by atoms with E-state index in [1.54, 1.807) is 0 Å². The van der Waals surface area contributed by atoms with Gasteiger partial charge in [0.05, 0.1) is 22.5 Å². The molecule has 0 heterocycles. The summed E-state index contributed by atoms with van der Waals surface area (Å²) in [4.78, 5) is 21.4. The van der Waals surface area contributed by atoms with E-state index in [1.165, 1.54) is 18.2 Å². The van der Waals surface area contributed by atoms with Crippen LogP contribution >= 0.6 is 0 Å². The summed E-state index contributed by atoms with van der Waals surface area (Å²) in [6.07, 6.45) is 2.40. The quantitative estimate of drug-likeness (QED) is 0.649. The van der Waals surface area contributed by atoms with Gasteiger partial charge in [0.25, 0.3) is 5.69 Å². The molecule has 0 saturated heterocycles. The second kappa shape index (κ2) is 6.22. The highest BCUT2D eigenvalue weighted by atomic mass is 16.6. The average Bonchev–Trinajstić information content (AvgIpc) is 2.47. The van der Waals surface area contributed by atoms with Crippen molar-refractivity contribution < 1.29 is 14.8 Å². The van der Waals surface area contributed by atoms with Gasteiger partial charge in [0, 0.05) is 12.1 Å². The van der Waals surface area contributed by atoms with Crippen LogP contribution in [0.4, 0.5) is 11.4 Å². The second-order valence-corrected chi connectivity index (χ2v) is 5.13. The van der Waals surface area contributed by atoms with E-state index >= 15 is 0 Å². The van der Waals surface area contributed by atoms with E-state index in [0.29, 0.717) is 36.9 Å². The van der Waals surface area contributed by atoms with Gasteiger partial charge in [0.1, 0.15) is 5.69 Å². The lowest BCUT2D eigenvalue weighted by molar-refractivity contribution is -0.384. The summed E-state index contributed by atoms with van der Waals surface area (Å²) in [6, 6.07) is 6.12. The fraction of sp³-hybridized carbons (Fsp3) is 0.429. The van der Waals surface area contributed by atoms with Crippen molar-refractivity contribution in [2.75, 3.05) is 5.32 Å². The maximum atomic E-state index is 11.0. The Labute approximate surface area is 121 Å². The zero-order valence-electron chi connectivity index (χ0n) is 11.3. The number of nitro groups is 1. The molecule has 1 saturated carbocycles. The topological polar surface area (TPSA) is 116 Å². The van der Waals surface area contributed by atoms with Gasteiger partial charge in [0.2, 0.25) is 0 Å². The van der Waals surface area contributed by atoms with Crippen molar-refractivity contribution in [3.8, 4) is 6.07 Å². The van der Waals surface area contributed by atoms with E-state index in [-0.39, 0.29) is 17.6 Å². The number of nitriles is 1. The van der Waals surface area contributed by atoms with E-state index < -0.39 is 10.9 Å². The molecule has 0 aromatic heterocycles. The highest BCUT2D eigenvalue weighted by Crippen LogP contribution is 2.31. The van der Waals surface area contributed by atoms with Crippen LogP contribution in [-0.4, -0.2) is 22.0 Å². The molecule has 0 atom stereocenters. The predicted octanol–water partition coefficient (Wildman–Crippen LogP) is 2.52. The maximum absolute atomic E-state index is 11.0. The molecule has 0 amide bonds. The monoisotopic (exact) mass is 289 g/mol. The summed E-state index contributed by atoms with van der Waals surface area (Å²) >= 11 is 0. The molecular weight excluding hydrogens is 274 g/mol. The van der Waals surface area contributed by atoms with Gasteiger partial charge in [-0.05, 0) is 37.8 Å². The third-order valence-electron chi connectivity index (χ3n) is 3.76. The second-order valence-electron chi connectivity index (χ2n) is 5.13. The van der Waals surface area contributed by atoms with Gasteiger partial charge in [-0.1, -0.05) is 0 Å². The Balaban J connectivity index is 2.11. The average molecular weight is 289 g/mol. The molecule has 110 valence electrons. The van der Waals surface area contributed by atoms with Crippen molar-refractivity contribution >= 4 is 17.3 Å². The van der Waals surface area contributed by atoms with E-state index in [0.717, 1.165) is 0 Å². The molecular formula is C14H15N3O4. The molecule has 0 spiro atoms. The van der Waals surface area contributed by atoms with Crippen molar-refractivity contribution in [3.05, 3.63) is 33.9 Å². The first kappa shape index (κ1) is 14.8. The number of aliphatic carboxylic acids is 1. The molecule has 1 aromatic carbocycles. The van der Waals surface area contributed by atoms with Crippen LogP contribution in [0.3, 0.4) is 0 Å². The standard InChI is InChI=1S/C14H15N3O4/c15-8-9-1-6-13(17(20)21)12(7-9)16-11-4-2-10(3-5-11)14(18)19/h1,6-7,10-11,16H,2-5H2,(H,18,19). The molecule has 1 aromatic rings. The van der Waals surface area contributed by atoms with E-state index in [1.807, 2.05) is 6.07 Å². The van der Waals surface area contributed by atoms with Crippen molar-refractivity contribution in [2.45, 2.75) is 31.7 Å². The molecule has 7 heteroatoms. The zero-order valence-corrected chi connectivity index (χ0v) is 11.3. The van der Waals surface area contributed by atoms with Crippen LogP contribution < -0.4 is 5.32 Å². The van der Waals surface area contributed by atoms with Crippen LogP contribution in [0.1, 0.15) is 31.2 Å². The Bertz CT molecular complexity index is 601. The first-order valence-electron chi connectivity index (χ1n) is 6.69. The van der Waals surface area contributed by atoms with E-state index in [4.69, 9.17) is 10.4 Å². The molecule has 0 unspecified atom stereocenters. The number of nitro benzene ring substituents is 1. The number of carboxylic acids is 1. The minimum atomic E-state index is -0.786. The number of rotatable bonds is 4. The summed E-state index contributed by atoms with van der Waals surface area (Å²) in [5.74, 6) is -1.12. The number of hydrogen-bond acceptors (Lipinski definition) is 5. The molecule has 21 heavy (non-hydrogen) atoms. The molecule has 0 aliphatic heterocycles. The van der Waals surface area contributed by atoms with Gasteiger partial charge in [-0.2, -0.15) is 5.26 Å². The van der Waals surface area contributed by atoms with Crippen LogP contribution in [0.15, 0.2) is 18.2 Å². The number of anilines is 1. The molecule has 1 aliphatic carbocycles. The van der Waals surface area contributed by atoms with Crippen LogP contribution in [-0.2, 0) is 4.79 Å². The fourth-order valence-electron chi connectivity index (χ4n) is 2.59. The first-order valence-corrected chi connectivity index (χ1v) is 6.69. The number of carboxylic acid groups (broad SMARTS) is 1. The smallest absolute Gasteiger partial charge is 0.306 e. The molecule has 0 radical (unpaired) electrons. The fourth-order valence-corrected chi connectivity index (χ4v) is 2.59. The summed E-state index contributed by atoms with van der Waals surface area (Å²) in [5, 5.41) is 31.9. The van der Waals surface area contributed by atoms with Crippen molar-refractivity contribution in [1.29, 1.82) is 5.26 Å². The number of hydrogen-bond donors (Lipinski definition) is 2. The lowest BCUT2D eigenvalue weighted by atomic mass is 9.86. The lowest BCUT2D eigenvalue weighted by Gasteiger charge is -2.27. The maximum Gasteiger partial charge on any atom is 0.306 e. The van der Waals surface area contributed by atoms with Crippen molar-refractivity contribution in [3.63, 3.8) is 0 Å². The third-order valence-corrected chi connectivity index (χ3v) is 3.76. The number of carbonyl (C=O) groups is 1. The summed E-state index contributed by atoms with van der Waals surface area (Å²) in [7, 11) is 0. The Morgan fingerprint density at radius 1 is 1.38 bits per heavy atom. The number of benzene rings is 1. The van der Waals surface area contributed by atoms with Gasteiger partial charge in [-0.3, -0.25) is 14.9 Å². The Hall–Kier alpha value is -2.62. The van der Waals surface area contributed by atoms with Crippen LogP contribution in [0, 0.1) is 27.4 Å². The van der Waals surface area contributed by atoms with Crippen LogP contribution in [0.5, 0.6) is 0 Å². The molecule has 7 nitrogen and oxygen atoms in total. The van der Waals surface area contributed by atoms with Crippen LogP contribution in [0.25, 0.3) is 0 Å². The highest BCUT2D eigenvalue weighted by molar-refractivity contribution is 5.70. The summed E-state index contributed by atoms with van der Waals surface area (Å²) in [6.45, 7) is 0. The molecule has 1 aliphatic rings. The predicted molar refractivity (Wildman–Crippen MR) is 74.8 cm³/mol. The summed E-state index contributed by atoms with van der Waals surface area (Å²) < 4.78 is 0. The molecule has 1 fully saturated rings. The van der Waals surface area contributed by atoms with Gasteiger partial charge >= 0.3 is 5.97 Å². The molecule has 2 N–H and O–H groups in total. The van der Waals surface area contributed by atoms with Crippen molar-refractivity contribution in [2.24, 2.45) is 5.92 Å².